The lowest BCUT2D eigenvalue weighted by molar-refractivity contribution is 0.138. The molecular formula is C15H19ClN2O2S. The van der Waals surface area contributed by atoms with Crippen molar-refractivity contribution in [3.63, 3.8) is 0 Å². The van der Waals surface area contributed by atoms with Crippen LogP contribution in [-0.4, -0.2) is 21.4 Å². The molecule has 6 heteroatoms. The van der Waals surface area contributed by atoms with Crippen LogP contribution in [-0.2, 0) is 12.2 Å². The molecule has 0 radical (unpaired) electrons. The van der Waals surface area contributed by atoms with Crippen LogP contribution in [0.4, 0.5) is 0 Å². The van der Waals surface area contributed by atoms with Crippen molar-refractivity contribution in [3.8, 4) is 0 Å². The van der Waals surface area contributed by atoms with Gasteiger partial charge in [-0.05, 0) is 36.6 Å². The summed E-state index contributed by atoms with van der Waals surface area (Å²) in [6.07, 6.45) is 0.718. The maximum atomic E-state index is 9.87. The van der Waals surface area contributed by atoms with Crippen molar-refractivity contribution in [2.45, 2.75) is 43.4 Å². The van der Waals surface area contributed by atoms with Crippen LogP contribution in [0.1, 0.15) is 32.0 Å². The van der Waals surface area contributed by atoms with Crippen LogP contribution in [0.2, 0.25) is 5.02 Å². The first-order chi connectivity index (χ1) is 10.0. The third-order valence-electron chi connectivity index (χ3n) is 2.85. The summed E-state index contributed by atoms with van der Waals surface area (Å²) < 4.78 is 5.17. The van der Waals surface area contributed by atoms with Gasteiger partial charge in [0.05, 0.1) is 18.3 Å². The maximum Gasteiger partial charge on any atom is 0.229 e. The van der Waals surface area contributed by atoms with Gasteiger partial charge < -0.3 is 9.63 Å². The zero-order valence-corrected chi connectivity index (χ0v) is 13.7. The van der Waals surface area contributed by atoms with E-state index in [9.17, 15) is 5.11 Å². The lowest BCUT2D eigenvalue weighted by Crippen LogP contribution is -2.13. The van der Waals surface area contributed by atoms with E-state index in [1.165, 1.54) is 0 Å². The highest BCUT2D eigenvalue weighted by molar-refractivity contribution is 7.98. The van der Waals surface area contributed by atoms with Crippen molar-refractivity contribution in [2.24, 2.45) is 5.92 Å². The highest BCUT2D eigenvalue weighted by atomic mass is 35.5. The van der Waals surface area contributed by atoms with Gasteiger partial charge in [-0.3, -0.25) is 0 Å². The van der Waals surface area contributed by atoms with Gasteiger partial charge in [-0.2, -0.15) is 4.98 Å². The first-order valence-corrected chi connectivity index (χ1v) is 8.27. The number of hydrogen-bond acceptors (Lipinski definition) is 5. The summed E-state index contributed by atoms with van der Waals surface area (Å²) in [5.74, 6) is 2.21. The van der Waals surface area contributed by atoms with Crippen molar-refractivity contribution in [1.29, 1.82) is 0 Å². The summed E-state index contributed by atoms with van der Waals surface area (Å²) in [7, 11) is 0. The number of aliphatic hydroxyl groups excluding tert-OH is 1. The molecule has 2 aromatic rings. The third-order valence-corrected chi connectivity index (χ3v) is 4.11. The summed E-state index contributed by atoms with van der Waals surface area (Å²) in [6.45, 7) is 4.15. The summed E-state index contributed by atoms with van der Waals surface area (Å²) in [5, 5.41) is 14.5. The quantitative estimate of drug-likeness (QED) is 0.780. The number of aliphatic hydroxyl groups is 1. The molecule has 4 nitrogen and oxygen atoms in total. The van der Waals surface area contributed by atoms with Crippen LogP contribution in [0.25, 0.3) is 0 Å². The van der Waals surface area contributed by atoms with Gasteiger partial charge in [0.15, 0.2) is 5.82 Å². The summed E-state index contributed by atoms with van der Waals surface area (Å²) >= 11 is 7.46. The van der Waals surface area contributed by atoms with Gasteiger partial charge in [0.25, 0.3) is 0 Å². The molecule has 0 bridgehead atoms. The van der Waals surface area contributed by atoms with Gasteiger partial charge in [0.1, 0.15) is 0 Å². The average Bonchev–Trinajstić information content (AvgIpc) is 2.84. The summed E-state index contributed by atoms with van der Waals surface area (Å²) in [5.41, 5.74) is 0. The van der Waals surface area contributed by atoms with E-state index in [2.05, 4.69) is 24.0 Å². The molecule has 21 heavy (non-hydrogen) atoms. The second kappa shape index (κ2) is 7.82. The van der Waals surface area contributed by atoms with E-state index in [1.54, 1.807) is 11.8 Å². The van der Waals surface area contributed by atoms with Gasteiger partial charge in [-0.1, -0.05) is 30.6 Å². The SMILES string of the molecule is CC(C)CC(O)Cc1nc(CSc2ccc(Cl)cc2)no1. The van der Waals surface area contributed by atoms with Crippen LogP contribution < -0.4 is 0 Å². The molecular weight excluding hydrogens is 308 g/mol. The van der Waals surface area contributed by atoms with E-state index >= 15 is 0 Å². The van der Waals surface area contributed by atoms with Crippen molar-refractivity contribution in [2.75, 3.05) is 0 Å². The topological polar surface area (TPSA) is 59.2 Å². The molecule has 1 unspecified atom stereocenters. The fourth-order valence-electron chi connectivity index (χ4n) is 1.94. The number of nitrogens with zero attached hydrogens (tertiary/aromatic N) is 2. The van der Waals surface area contributed by atoms with Gasteiger partial charge in [0, 0.05) is 9.92 Å². The Labute approximate surface area is 133 Å². The molecule has 2 rings (SSSR count). The lowest BCUT2D eigenvalue weighted by Gasteiger charge is -2.09. The summed E-state index contributed by atoms with van der Waals surface area (Å²) in [4.78, 5) is 5.41. The fraction of sp³-hybridized carbons (Fsp3) is 0.467. The molecule has 1 heterocycles. The normalized spacial score (nSPS) is 12.8. The molecule has 0 amide bonds. The molecule has 0 saturated heterocycles. The average molecular weight is 327 g/mol. The van der Waals surface area contributed by atoms with Crippen LogP contribution in [0.3, 0.4) is 0 Å². The van der Waals surface area contributed by atoms with Crippen LogP contribution in [0.5, 0.6) is 0 Å². The second-order valence-electron chi connectivity index (χ2n) is 5.33. The van der Waals surface area contributed by atoms with E-state index in [0.717, 1.165) is 16.3 Å². The highest BCUT2D eigenvalue weighted by Gasteiger charge is 2.13. The van der Waals surface area contributed by atoms with E-state index in [-0.39, 0.29) is 0 Å². The van der Waals surface area contributed by atoms with E-state index in [0.29, 0.717) is 29.8 Å². The Balaban J connectivity index is 1.84. The predicted octanol–water partition coefficient (Wildman–Crippen LogP) is 3.96. The molecule has 0 aliphatic rings. The Morgan fingerprint density at radius 3 is 2.67 bits per heavy atom. The minimum Gasteiger partial charge on any atom is -0.393 e. The molecule has 1 atom stereocenters. The molecule has 0 spiro atoms. The smallest absolute Gasteiger partial charge is 0.229 e. The molecule has 114 valence electrons. The summed E-state index contributed by atoms with van der Waals surface area (Å²) in [6, 6.07) is 7.63. The second-order valence-corrected chi connectivity index (χ2v) is 6.82. The van der Waals surface area contributed by atoms with Crippen molar-refractivity contribution in [3.05, 3.63) is 41.0 Å². The minimum absolute atomic E-state index is 0.413. The van der Waals surface area contributed by atoms with Crippen LogP contribution >= 0.6 is 23.4 Å². The van der Waals surface area contributed by atoms with Crippen LogP contribution in [0.15, 0.2) is 33.7 Å². The third kappa shape index (κ3) is 5.69. The highest BCUT2D eigenvalue weighted by Crippen LogP contribution is 2.23. The number of rotatable bonds is 7. The molecule has 1 N–H and O–H groups in total. The fourth-order valence-corrected chi connectivity index (χ4v) is 2.81. The first-order valence-electron chi connectivity index (χ1n) is 6.91. The maximum absolute atomic E-state index is 9.87. The first kappa shape index (κ1) is 16.3. The van der Waals surface area contributed by atoms with Crippen molar-refractivity contribution in [1.82, 2.24) is 10.1 Å². The molecule has 0 aliphatic carbocycles. The Bertz CT molecular complexity index is 557. The number of thioether (sulfide) groups is 1. The standard InChI is InChI=1S/C15H19ClN2O2S/c1-10(2)7-12(19)8-15-17-14(18-20-15)9-21-13-5-3-11(16)4-6-13/h3-6,10,12,19H,7-9H2,1-2H3. The van der Waals surface area contributed by atoms with Gasteiger partial charge in [-0.25, -0.2) is 0 Å². The van der Waals surface area contributed by atoms with Gasteiger partial charge >= 0.3 is 0 Å². The molecule has 0 aliphatic heterocycles. The lowest BCUT2D eigenvalue weighted by atomic mass is 10.0. The number of hydrogen-bond donors (Lipinski definition) is 1. The van der Waals surface area contributed by atoms with Gasteiger partial charge in [-0.15, -0.1) is 11.8 Å². The van der Waals surface area contributed by atoms with Crippen molar-refractivity contribution < 1.29 is 9.63 Å². The van der Waals surface area contributed by atoms with E-state index in [4.69, 9.17) is 16.1 Å². The van der Waals surface area contributed by atoms with E-state index < -0.39 is 6.10 Å². The largest absolute Gasteiger partial charge is 0.393 e. The molecule has 1 aromatic heterocycles. The van der Waals surface area contributed by atoms with Gasteiger partial charge in [0.2, 0.25) is 5.89 Å². The number of aromatic nitrogens is 2. The predicted molar refractivity (Wildman–Crippen MR) is 84.5 cm³/mol. The molecule has 0 saturated carbocycles. The zero-order valence-electron chi connectivity index (χ0n) is 12.1. The minimum atomic E-state index is -0.429. The number of benzene rings is 1. The molecule has 1 aromatic carbocycles. The monoisotopic (exact) mass is 326 g/mol. The Kier molecular flexibility index (Phi) is 6.08. The Hall–Kier alpha value is -1.04. The molecule has 0 fully saturated rings. The Morgan fingerprint density at radius 2 is 2.00 bits per heavy atom. The van der Waals surface area contributed by atoms with Crippen molar-refractivity contribution >= 4 is 23.4 Å². The Morgan fingerprint density at radius 1 is 1.29 bits per heavy atom. The van der Waals surface area contributed by atoms with Crippen LogP contribution in [0, 0.1) is 5.92 Å². The zero-order chi connectivity index (χ0) is 15.2. The van der Waals surface area contributed by atoms with E-state index in [1.807, 2.05) is 24.3 Å². The number of halogens is 1.